The van der Waals surface area contributed by atoms with E-state index in [1.807, 2.05) is 0 Å². The summed E-state index contributed by atoms with van der Waals surface area (Å²) < 4.78 is 5.33. The number of alkyl halides is 3. The SMILES string of the molecule is CC1NC(C)C(C)N(P)C1C.Cc1noc(C(Cl)(Cl)Cl)n1. The van der Waals surface area contributed by atoms with Gasteiger partial charge < -0.3 is 9.84 Å². The molecule has 2 rings (SSSR count). The van der Waals surface area contributed by atoms with Crippen molar-refractivity contribution in [3.8, 4) is 0 Å². The summed E-state index contributed by atoms with van der Waals surface area (Å²) in [7, 11) is 2.83. The number of hydrogen-bond donors (Lipinski definition) is 1. The van der Waals surface area contributed by atoms with E-state index in [4.69, 9.17) is 34.8 Å². The Bertz CT molecular complexity index is 440. The molecule has 0 amide bonds. The molecule has 0 radical (unpaired) electrons. The van der Waals surface area contributed by atoms with Crippen LogP contribution in [0.15, 0.2) is 4.52 Å². The van der Waals surface area contributed by atoms with E-state index in [-0.39, 0.29) is 5.89 Å². The van der Waals surface area contributed by atoms with Gasteiger partial charge in [-0.2, -0.15) is 4.98 Å². The molecule has 5 unspecified atom stereocenters. The molecule has 5 nitrogen and oxygen atoms in total. The van der Waals surface area contributed by atoms with Crippen LogP contribution in [0.3, 0.4) is 0 Å². The average Bonchev–Trinajstić information content (AvgIpc) is 2.81. The first kappa shape index (κ1) is 19.4. The summed E-state index contributed by atoms with van der Waals surface area (Å²) in [6.45, 7) is 10.6. The Morgan fingerprint density at radius 1 is 1.14 bits per heavy atom. The van der Waals surface area contributed by atoms with Gasteiger partial charge >= 0.3 is 0 Å². The number of nitrogens with one attached hydrogen (secondary N) is 1. The van der Waals surface area contributed by atoms with Crippen molar-refractivity contribution in [2.24, 2.45) is 0 Å². The maximum Gasteiger partial charge on any atom is 0.278 e. The Labute approximate surface area is 143 Å². The van der Waals surface area contributed by atoms with E-state index in [9.17, 15) is 0 Å². The van der Waals surface area contributed by atoms with Crippen molar-refractivity contribution in [1.82, 2.24) is 20.1 Å². The predicted octanol–water partition coefficient (Wildman–Crippen LogP) is 3.44. The fourth-order valence-electron chi connectivity index (χ4n) is 1.99. The van der Waals surface area contributed by atoms with Crippen LogP contribution in [0.2, 0.25) is 0 Å². The molecule has 1 fully saturated rings. The molecule has 5 atom stereocenters. The Balaban J connectivity index is 0.000000211. The molecule has 1 aromatic heterocycles. The second kappa shape index (κ2) is 7.76. The highest BCUT2D eigenvalue weighted by Gasteiger charge is 2.31. The highest BCUT2D eigenvalue weighted by atomic mass is 35.6. The fraction of sp³-hybridized carbons (Fsp3) is 0.833. The van der Waals surface area contributed by atoms with Gasteiger partial charge in [-0.1, -0.05) is 49.4 Å². The van der Waals surface area contributed by atoms with E-state index in [1.54, 1.807) is 6.92 Å². The summed E-state index contributed by atoms with van der Waals surface area (Å²) in [6.07, 6.45) is 0. The van der Waals surface area contributed by atoms with E-state index >= 15 is 0 Å². The van der Waals surface area contributed by atoms with Gasteiger partial charge in [0.1, 0.15) is 0 Å². The molecular weight excluding hydrogens is 353 g/mol. The maximum atomic E-state index is 5.41. The van der Waals surface area contributed by atoms with Gasteiger partial charge in [-0.25, -0.2) is 0 Å². The Morgan fingerprint density at radius 3 is 1.90 bits per heavy atom. The number of nitrogens with zero attached hydrogens (tertiary/aromatic N) is 3. The Kier molecular flexibility index (Phi) is 7.17. The Morgan fingerprint density at radius 2 is 1.62 bits per heavy atom. The molecule has 21 heavy (non-hydrogen) atoms. The molecule has 1 N–H and O–H groups in total. The first-order valence-electron chi connectivity index (χ1n) is 6.70. The largest absolute Gasteiger partial charge is 0.335 e. The van der Waals surface area contributed by atoms with Crippen LogP contribution in [0.25, 0.3) is 0 Å². The third-order valence-electron chi connectivity index (χ3n) is 3.68. The van der Waals surface area contributed by atoms with Gasteiger partial charge in [0.05, 0.1) is 0 Å². The third-order valence-corrected chi connectivity index (χ3v) is 5.11. The van der Waals surface area contributed by atoms with E-state index in [2.05, 4.69) is 61.7 Å². The molecule has 2 heterocycles. The van der Waals surface area contributed by atoms with Gasteiger partial charge in [0, 0.05) is 24.2 Å². The van der Waals surface area contributed by atoms with E-state index in [0.29, 0.717) is 30.0 Å². The number of rotatable bonds is 0. The van der Waals surface area contributed by atoms with Crippen molar-refractivity contribution in [1.29, 1.82) is 0 Å². The zero-order valence-electron chi connectivity index (χ0n) is 12.8. The molecular formula is C12H22Cl3N4OP. The van der Waals surface area contributed by atoms with Crippen LogP contribution >= 0.6 is 44.2 Å². The van der Waals surface area contributed by atoms with Crippen LogP contribution in [-0.2, 0) is 3.79 Å². The third kappa shape index (κ3) is 5.49. The van der Waals surface area contributed by atoms with Gasteiger partial charge in [-0.3, -0.25) is 4.67 Å². The summed E-state index contributed by atoms with van der Waals surface area (Å²) in [5.41, 5.74) is 0. The number of halogens is 3. The second-order valence-electron chi connectivity index (χ2n) is 5.32. The maximum absolute atomic E-state index is 5.41. The van der Waals surface area contributed by atoms with Gasteiger partial charge in [-0.05, 0) is 34.6 Å². The van der Waals surface area contributed by atoms with Crippen molar-refractivity contribution < 1.29 is 4.52 Å². The lowest BCUT2D eigenvalue weighted by Crippen LogP contribution is -2.60. The van der Waals surface area contributed by atoms with Gasteiger partial charge in [0.25, 0.3) is 9.68 Å². The fourth-order valence-corrected chi connectivity index (χ4v) is 2.74. The summed E-state index contributed by atoms with van der Waals surface area (Å²) in [4.78, 5) is 3.71. The minimum Gasteiger partial charge on any atom is -0.335 e. The summed E-state index contributed by atoms with van der Waals surface area (Å²) in [6, 6.07) is 2.43. The molecule has 1 aliphatic rings. The number of piperazine rings is 1. The molecule has 0 saturated carbocycles. The minimum absolute atomic E-state index is 0.00463. The summed E-state index contributed by atoms with van der Waals surface area (Å²) in [5.74, 6) is 0.441. The smallest absolute Gasteiger partial charge is 0.278 e. The summed E-state index contributed by atoms with van der Waals surface area (Å²) >= 11 is 16.2. The standard InChI is InChI=1S/C8H19N2P.C4H3Cl3N2O/c1-5-7(3)10(11)8(4)6(2)9-5;1-2-8-3(10-9-2)4(5,6)7/h5-9H,11H2,1-4H3;1H3. The summed E-state index contributed by atoms with van der Waals surface area (Å²) in [5, 5.41) is 7.00. The van der Waals surface area contributed by atoms with Gasteiger partial charge in [0.2, 0.25) is 0 Å². The zero-order chi connectivity index (χ0) is 16.4. The molecule has 0 bridgehead atoms. The lowest BCUT2D eigenvalue weighted by molar-refractivity contribution is 0.152. The zero-order valence-corrected chi connectivity index (χ0v) is 16.2. The topological polar surface area (TPSA) is 54.2 Å². The van der Waals surface area contributed by atoms with Crippen LogP contribution in [-0.4, -0.2) is 39.0 Å². The molecule has 0 spiro atoms. The molecule has 122 valence electrons. The number of aryl methyl sites for hydroxylation is 1. The van der Waals surface area contributed by atoms with Crippen molar-refractivity contribution in [2.45, 2.75) is 62.6 Å². The van der Waals surface area contributed by atoms with Crippen molar-refractivity contribution in [3.05, 3.63) is 11.7 Å². The molecule has 1 aromatic rings. The first-order chi connectivity index (χ1) is 9.54. The molecule has 1 aliphatic heterocycles. The predicted molar refractivity (Wildman–Crippen MR) is 90.8 cm³/mol. The quantitative estimate of drug-likeness (QED) is 0.556. The molecule has 0 aromatic carbocycles. The second-order valence-corrected chi connectivity index (χ2v) is 8.19. The average molecular weight is 376 g/mol. The number of aromatic nitrogens is 2. The monoisotopic (exact) mass is 374 g/mol. The van der Waals surface area contributed by atoms with E-state index in [1.165, 1.54) is 0 Å². The van der Waals surface area contributed by atoms with Gasteiger partial charge in [0.15, 0.2) is 5.82 Å². The van der Waals surface area contributed by atoms with Crippen LogP contribution < -0.4 is 5.32 Å². The lowest BCUT2D eigenvalue weighted by Gasteiger charge is -2.44. The van der Waals surface area contributed by atoms with Crippen LogP contribution in [0.1, 0.15) is 39.4 Å². The highest BCUT2D eigenvalue weighted by molar-refractivity contribution is 7.13. The minimum atomic E-state index is -1.61. The van der Waals surface area contributed by atoms with Crippen molar-refractivity contribution >= 4 is 44.2 Å². The van der Waals surface area contributed by atoms with Crippen molar-refractivity contribution in [2.75, 3.05) is 0 Å². The molecule has 0 aliphatic carbocycles. The van der Waals surface area contributed by atoms with E-state index in [0.717, 1.165) is 0 Å². The first-order valence-corrected chi connectivity index (χ1v) is 8.35. The normalized spacial score (nSPS) is 30.7. The van der Waals surface area contributed by atoms with Crippen LogP contribution in [0.4, 0.5) is 0 Å². The van der Waals surface area contributed by atoms with Crippen LogP contribution in [0.5, 0.6) is 0 Å². The molecule has 9 heteroatoms. The van der Waals surface area contributed by atoms with Gasteiger partial charge in [-0.15, -0.1) is 0 Å². The Hall–Kier alpha value is 0.360. The highest BCUT2D eigenvalue weighted by Crippen LogP contribution is 2.36. The van der Waals surface area contributed by atoms with E-state index < -0.39 is 3.79 Å². The van der Waals surface area contributed by atoms with Crippen LogP contribution in [0, 0.1) is 6.92 Å². The lowest BCUT2D eigenvalue weighted by atomic mass is 10.0. The molecule has 1 saturated heterocycles. The van der Waals surface area contributed by atoms with Crippen molar-refractivity contribution in [3.63, 3.8) is 0 Å². The number of hydrogen-bond acceptors (Lipinski definition) is 5.